The van der Waals surface area contributed by atoms with E-state index in [-0.39, 0.29) is 0 Å². The van der Waals surface area contributed by atoms with Crippen molar-refractivity contribution in [1.29, 1.82) is 0 Å². The Morgan fingerprint density at radius 2 is 2.29 bits per heavy atom. The van der Waals surface area contributed by atoms with Crippen LogP contribution in [-0.4, -0.2) is 12.8 Å². The molecule has 0 spiro atoms. The van der Waals surface area contributed by atoms with Crippen molar-refractivity contribution < 1.29 is 0 Å². The fourth-order valence-electron chi connectivity index (χ4n) is 1.82. The Morgan fingerprint density at radius 1 is 1.50 bits per heavy atom. The molecule has 1 N–H and O–H groups in total. The summed E-state index contributed by atoms with van der Waals surface area (Å²) in [6.07, 6.45) is 0. The van der Waals surface area contributed by atoms with Gasteiger partial charge in [0.1, 0.15) is 0 Å². The zero-order chi connectivity index (χ0) is 10.1. The van der Waals surface area contributed by atoms with Gasteiger partial charge in [0.15, 0.2) is 0 Å². The van der Waals surface area contributed by atoms with Crippen molar-refractivity contribution in [2.45, 2.75) is 30.7 Å². The van der Waals surface area contributed by atoms with E-state index in [4.69, 9.17) is 0 Å². The van der Waals surface area contributed by atoms with Crippen molar-refractivity contribution in [2.24, 2.45) is 0 Å². The molecular weight excluding hydrogens is 190 g/mol. The Balaban J connectivity index is 2.34. The van der Waals surface area contributed by atoms with Gasteiger partial charge in [0, 0.05) is 16.7 Å². The van der Waals surface area contributed by atoms with E-state index >= 15 is 0 Å². The largest absolute Gasteiger partial charge is 0.313 e. The summed E-state index contributed by atoms with van der Waals surface area (Å²) in [5.41, 5.74) is 2.94. The first-order valence-electron chi connectivity index (χ1n) is 5.16. The van der Waals surface area contributed by atoms with Gasteiger partial charge in [0.2, 0.25) is 0 Å². The smallest absolute Gasteiger partial charge is 0.0289 e. The van der Waals surface area contributed by atoms with Crippen LogP contribution in [-0.2, 0) is 0 Å². The fourth-order valence-corrected chi connectivity index (χ4v) is 3.02. The number of thioether (sulfide) groups is 1. The molecule has 1 aliphatic heterocycles. The monoisotopic (exact) mass is 207 g/mol. The van der Waals surface area contributed by atoms with E-state index in [2.05, 4.69) is 37.4 Å². The van der Waals surface area contributed by atoms with Crippen molar-refractivity contribution in [1.82, 2.24) is 5.32 Å². The molecule has 0 radical (unpaired) electrons. The molecule has 0 saturated carbocycles. The van der Waals surface area contributed by atoms with Crippen LogP contribution in [0.4, 0.5) is 0 Å². The molecule has 1 nitrogen and oxygen atoms in total. The van der Waals surface area contributed by atoms with Crippen LogP contribution in [0.15, 0.2) is 23.1 Å². The average molecular weight is 207 g/mol. The summed E-state index contributed by atoms with van der Waals surface area (Å²) in [5, 5.41) is 3.28. The van der Waals surface area contributed by atoms with Gasteiger partial charge in [0.05, 0.1) is 0 Å². The van der Waals surface area contributed by atoms with E-state index in [0.717, 1.165) is 5.92 Å². The maximum absolute atomic E-state index is 3.28. The van der Waals surface area contributed by atoms with Crippen LogP contribution >= 0.6 is 11.8 Å². The zero-order valence-electron chi connectivity index (χ0n) is 9.00. The summed E-state index contributed by atoms with van der Waals surface area (Å²) in [5.74, 6) is 1.96. The highest BCUT2D eigenvalue weighted by Crippen LogP contribution is 2.40. The molecule has 2 unspecified atom stereocenters. The molecule has 76 valence electrons. The topological polar surface area (TPSA) is 12.0 Å². The number of hydrogen-bond acceptors (Lipinski definition) is 2. The van der Waals surface area contributed by atoms with Crippen molar-refractivity contribution in [2.75, 3.05) is 12.8 Å². The molecule has 0 aliphatic carbocycles. The molecule has 0 saturated heterocycles. The molecule has 1 heterocycles. The minimum atomic E-state index is 0.457. The van der Waals surface area contributed by atoms with Gasteiger partial charge in [-0.05, 0) is 37.1 Å². The van der Waals surface area contributed by atoms with Gasteiger partial charge >= 0.3 is 0 Å². The highest BCUT2D eigenvalue weighted by atomic mass is 32.2. The molecule has 0 aromatic heterocycles. The zero-order valence-corrected chi connectivity index (χ0v) is 9.82. The minimum Gasteiger partial charge on any atom is -0.313 e. The molecule has 0 amide bonds. The summed E-state index contributed by atoms with van der Waals surface area (Å²) in [6.45, 7) is 4.52. The van der Waals surface area contributed by atoms with E-state index in [0.29, 0.717) is 6.04 Å². The Bertz CT molecular complexity index is 335. The van der Waals surface area contributed by atoms with E-state index in [9.17, 15) is 0 Å². The van der Waals surface area contributed by atoms with Gasteiger partial charge in [0.25, 0.3) is 0 Å². The van der Waals surface area contributed by atoms with E-state index < -0.39 is 0 Å². The molecule has 0 fully saturated rings. The first-order chi connectivity index (χ1) is 6.72. The first kappa shape index (κ1) is 10.1. The van der Waals surface area contributed by atoms with Crippen LogP contribution < -0.4 is 5.32 Å². The predicted molar refractivity (Wildman–Crippen MR) is 63.1 cm³/mol. The van der Waals surface area contributed by atoms with Gasteiger partial charge < -0.3 is 5.32 Å². The summed E-state index contributed by atoms with van der Waals surface area (Å²) >= 11 is 1.98. The Labute approximate surface area is 90.3 Å². The molecule has 14 heavy (non-hydrogen) atoms. The molecule has 2 rings (SSSR count). The quantitative estimate of drug-likeness (QED) is 0.799. The van der Waals surface area contributed by atoms with Crippen molar-refractivity contribution in [3.8, 4) is 0 Å². The van der Waals surface area contributed by atoms with Crippen molar-refractivity contribution in [3.63, 3.8) is 0 Å². The lowest BCUT2D eigenvalue weighted by Gasteiger charge is -2.13. The van der Waals surface area contributed by atoms with E-state index in [1.807, 2.05) is 18.8 Å². The second-order valence-electron chi connectivity index (χ2n) is 4.02. The lowest BCUT2D eigenvalue weighted by Crippen LogP contribution is -2.12. The SMILES string of the molecule is CNC(C)c1ccc2c(c1)C(C)CS2. The summed E-state index contributed by atoms with van der Waals surface area (Å²) in [7, 11) is 2.01. The Morgan fingerprint density at radius 3 is 3.00 bits per heavy atom. The van der Waals surface area contributed by atoms with Gasteiger partial charge in [-0.1, -0.05) is 19.1 Å². The number of benzene rings is 1. The van der Waals surface area contributed by atoms with Crippen LogP contribution in [0.1, 0.15) is 36.9 Å². The van der Waals surface area contributed by atoms with Gasteiger partial charge in [-0.25, -0.2) is 0 Å². The maximum Gasteiger partial charge on any atom is 0.0289 e. The van der Waals surface area contributed by atoms with Crippen molar-refractivity contribution in [3.05, 3.63) is 29.3 Å². The summed E-state index contributed by atoms with van der Waals surface area (Å²) < 4.78 is 0. The van der Waals surface area contributed by atoms with Crippen LogP contribution in [0, 0.1) is 0 Å². The molecule has 1 aromatic carbocycles. The van der Waals surface area contributed by atoms with Crippen LogP contribution in [0.3, 0.4) is 0 Å². The van der Waals surface area contributed by atoms with Crippen LogP contribution in [0.5, 0.6) is 0 Å². The summed E-state index contributed by atoms with van der Waals surface area (Å²) in [6, 6.07) is 7.33. The molecule has 1 aliphatic rings. The molecule has 2 atom stereocenters. The summed E-state index contributed by atoms with van der Waals surface area (Å²) in [4.78, 5) is 1.48. The Hall–Kier alpha value is -0.470. The highest BCUT2D eigenvalue weighted by Gasteiger charge is 2.19. The minimum absolute atomic E-state index is 0.457. The predicted octanol–water partition coefficient (Wildman–Crippen LogP) is 3.18. The standard InChI is InChI=1S/C12H17NS/c1-8-7-14-12-5-4-10(6-11(8)12)9(2)13-3/h4-6,8-9,13H,7H2,1-3H3. The molecule has 0 bridgehead atoms. The molecular formula is C12H17NS. The van der Waals surface area contributed by atoms with Crippen LogP contribution in [0.2, 0.25) is 0 Å². The molecule has 1 aromatic rings. The third-order valence-electron chi connectivity index (χ3n) is 2.99. The van der Waals surface area contributed by atoms with Gasteiger partial charge in [-0.15, -0.1) is 11.8 Å². The lowest BCUT2D eigenvalue weighted by molar-refractivity contribution is 0.650. The Kier molecular flexibility index (Phi) is 2.84. The number of hydrogen-bond donors (Lipinski definition) is 1. The number of fused-ring (bicyclic) bond motifs is 1. The second-order valence-corrected chi connectivity index (χ2v) is 5.08. The third-order valence-corrected chi connectivity index (χ3v) is 4.34. The van der Waals surface area contributed by atoms with Gasteiger partial charge in [-0.2, -0.15) is 0 Å². The first-order valence-corrected chi connectivity index (χ1v) is 6.15. The normalized spacial score (nSPS) is 22.1. The number of rotatable bonds is 2. The maximum atomic E-state index is 3.28. The van der Waals surface area contributed by atoms with Crippen LogP contribution in [0.25, 0.3) is 0 Å². The number of nitrogens with one attached hydrogen (secondary N) is 1. The van der Waals surface area contributed by atoms with Crippen molar-refractivity contribution >= 4 is 11.8 Å². The second kappa shape index (κ2) is 3.95. The highest BCUT2D eigenvalue weighted by molar-refractivity contribution is 7.99. The third kappa shape index (κ3) is 1.69. The lowest BCUT2D eigenvalue weighted by atomic mass is 9.98. The fraction of sp³-hybridized carbons (Fsp3) is 0.500. The van der Waals surface area contributed by atoms with Gasteiger partial charge in [-0.3, -0.25) is 0 Å². The average Bonchev–Trinajstić information content (AvgIpc) is 2.59. The van der Waals surface area contributed by atoms with E-state index in [1.165, 1.54) is 21.8 Å². The van der Waals surface area contributed by atoms with E-state index in [1.54, 1.807) is 0 Å². The molecule has 2 heteroatoms.